The molecule has 28 heavy (non-hydrogen) atoms. The number of aromatic hydroxyl groups is 1. The predicted molar refractivity (Wildman–Crippen MR) is 106 cm³/mol. The number of nitrogens with one attached hydrogen (secondary N) is 1. The zero-order chi connectivity index (χ0) is 19.7. The third-order valence-electron chi connectivity index (χ3n) is 4.85. The van der Waals surface area contributed by atoms with E-state index in [0.717, 1.165) is 16.5 Å². The molecule has 0 spiro atoms. The van der Waals surface area contributed by atoms with Gasteiger partial charge in [-0.3, -0.25) is 9.69 Å². The second-order valence-corrected chi connectivity index (χ2v) is 6.95. The minimum absolute atomic E-state index is 0.139. The molecule has 0 aliphatic rings. The van der Waals surface area contributed by atoms with E-state index >= 15 is 0 Å². The second-order valence-electron chi connectivity index (χ2n) is 6.95. The summed E-state index contributed by atoms with van der Waals surface area (Å²) >= 11 is 0. The number of likely N-dealkylation sites (N-methyl/N-ethyl adjacent to an activating group) is 1. The Kier molecular flexibility index (Phi) is 4.71. The molecule has 2 heterocycles. The first-order valence-electron chi connectivity index (χ1n) is 9.05. The van der Waals surface area contributed by atoms with Crippen LogP contribution in [0, 0.1) is 0 Å². The molecule has 2 aromatic heterocycles. The van der Waals surface area contributed by atoms with Crippen LogP contribution in [-0.4, -0.2) is 39.9 Å². The van der Waals surface area contributed by atoms with Gasteiger partial charge in [0.25, 0.3) is 5.88 Å². The number of hydrogen-bond acceptors (Lipinski definition) is 5. The number of carbonyl (C=O) groups excluding carboxylic acids is 1. The fourth-order valence-corrected chi connectivity index (χ4v) is 3.33. The van der Waals surface area contributed by atoms with Gasteiger partial charge in [-0.15, -0.1) is 0 Å². The summed E-state index contributed by atoms with van der Waals surface area (Å²) in [4.78, 5) is 22.2. The summed E-state index contributed by atoms with van der Waals surface area (Å²) in [5.41, 5.74) is 2.40. The van der Waals surface area contributed by atoms with E-state index in [1.54, 1.807) is 6.20 Å². The topological polar surface area (TPSA) is 82.4 Å². The molecule has 1 atom stereocenters. The summed E-state index contributed by atoms with van der Waals surface area (Å²) in [6, 6.07) is 17.2. The Hall–Kier alpha value is -3.38. The number of nitrogens with zero attached hydrogens (tertiary/aromatic N) is 2. The van der Waals surface area contributed by atoms with Gasteiger partial charge >= 0.3 is 0 Å². The number of rotatable bonds is 6. The van der Waals surface area contributed by atoms with Crippen LogP contribution in [-0.2, 0) is 6.42 Å². The number of benzene rings is 2. The molecule has 0 unspecified atom stereocenters. The van der Waals surface area contributed by atoms with Crippen LogP contribution in [0.15, 0.2) is 65.2 Å². The van der Waals surface area contributed by atoms with Gasteiger partial charge in [-0.05, 0) is 32.1 Å². The molecular weight excluding hydrogens is 354 g/mol. The monoisotopic (exact) mass is 375 g/mol. The lowest BCUT2D eigenvalue weighted by Gasteiger charge is -2.21. The Labute approximate surface area is 162 Å². The molecule has 0 amide bonds. The molecule has 6 heteroatoms. The molecule has 0 bridgehead atoms. The van der Waals surface area contributed by atoms with Crippen LogP contribution in [0.2, 0.25) is 0 Å². The number of hydrogen-bond donors (Lipinski definition) is 2. The Morgan fingerprint density at radius 3 is 2.61 bits per heavy atom. The fourth-order valence-electron chi connectivity index (χ4n) is 3.33. The Morgan fingerprint density at radius 2 is 1.86 bits per heavy atom. The largest absolute Gasteiger partial charge is 0.490 e. The standard InChI is InChI=1S/C22H21N3O3/c1-25(2)18(12-14-8-4-3-5-9-14)22-24-21(27)20(28-22)19(26)16-13-23-17-11-7-6-10-15(16)17/h3-11,13,18,23,27H,12H2,1-2H3/t18-/m0/s1. The van der Waals surface area contributed by atoms with Crippen molar-refractivity contribution in [3.05, 3.63) is 83.6 Å². The van der Waals surface area contributed by atoms with Gasteiger partial charge in [-0.25, -0.2) is 0 Å². The molecular formula is C22H21N3O3. The molecule has 6 nitrogen and oxygen atoms in total. The molecule has 4 rings (SSSR count). The number of para-hydroxylation sites is 1. The van der Waals surface area contributed by atoms with Crippen molar-refractivity contribution in [3.8, 4) is 5.88 Å². The quantitative estimate of drug-likeness (QED) is 0.499. The summed E-state index contributed by atoms with van der Waals surface area (Å²) in [6.07, 6.45) is 2.27. The third kappa shape index (κ3) is 3.30. The highest BCUT2D eigenvalue weighted by Gasteiger charge is 2.28. The predicted octanol–water partition coefficient (Wildman–Crippen LogP) is 3.94. The minimum atomic E-state index is -0.397. The van der Waals surface area contributed by atoms with Gasteiger partial charge in [0, 0.05) is 17.1 Å². The zero-order valence-corrected chi connectivity index (χ0v) is 15.7. The lowest BCUT2D eigenvalue weighted by Crippen LogP contribution is -2.22. The van der Waals surface area contributed by atoms with Crippen LogP contribution in [0.4, 0.5) is 0 Å². The van der Waals surface area contributed by atoms with Gasteiger partial charge in [-0.2, -0.15) is 4.98 Å². The second kappa shape index (κ2) is 7.32. The maximum Gasteiger partial charge on any atom is 0.262 e. The Balaban J connectivity index is 1.68. The van der Waals surface area contributed by atoms with Crippen molar-refractivity contribution in [1.29, 1.82) is 0 Å². The number of carbonyl (C=O) groups is 1. The van der Waals surface area contributed by atoms with E-state index in [1.807, 2.05) is 73.6 Å². The van der Waals surface area contributed by atoms with Crippen LogP contribution in [0.5, 0.6) is 5.88 Å². The van der Waals surface area contributed by atoms with Crippen molar-refractivity contribution in [2.45, 2.75) is 12.5 Å². The molecule has 0 aliphatic heterocycles. The van der Waals surface area contributed by atoms with Crippen molar-refractivity contribution >= 4 is 16.7 Å². The van der Waals surface area contributed by atoms with Crippen molar-refractivity contribution in [1.82, 2.24) is 14.9 Å². The molecule has 0 radical (unpaired) electrons. The Morgan fingerprint density at radius 1 is 1.14 bits per heavy atom. The Bertz CT molecular complexity index is 1110. The summed E-state index contributed by atoms with van der Waals surface area (Å²) in [5.74, 6) is -0.606. The van der Waals surface area contributed by atoms with E-state index in [9.17, 15) is 9.90 Å². The van der Waals surface area contributed by atoms with Gasteiger partial charge in [0.1, 0.15) is 0 Å². The molecule has 0 aliphatic carbocycles. The van der Waals surface area contributed by atoms with Crippen molar-refractivity contribution < 1.29 is 14.3 Å². The van der Waals surface area contributed by atoms with Crippen LogP contribution < -0.4 is 0 Å². The number of aromatic amines is 1. The summed E-state index contributed by atoms with van der Waals surface area (Å²) < 4.78 is 5.78. The normalized spacial score (nSPS) is 12.5. The smallest absolute Gasteiger partial charge is 0.262 e. The van der Waals surface area contributed by atoms with E-state index in [4.69, 9.17) is 4.42 Å². The molecule has 2 aromatic carbocycles. The van der Waals surface area contributed by atoms with E-state index in [2.05, 4.69) is 9.97 Å². The molecule has 2 N–H and O–H groups in total. The number of oxazole rings is 1. The average Bonchev–Trinajstić information content (AvgIpc) is 3.30. The fraction of sp³-hybridized carbons (Fsp3) is 0.182. The number of fused-ring (bicyclic) bond motifs is 1. The maximum absolute atomic E-state index is 13.0. The van der Waals surface area contributed by atoms with Gasteiger partial charge in [-0.1, -0.05) is 48.5 Å². The molecule has 142 valence electrons. The summed E-state index contributed by atoms with van der Waals surface area (Å²) in [5, 5.41) is 11.1. The molecule has 0 saturated carbocycles. The minimum Gasteiger partial charge on any atom is -0.490 e. The van der Waals surface area contributed by atoms with E-state index in [-0.39, 0.29) is 17.7 Å². The molecule has 4 aromatic rings. The van der Waals surface area contributed by atoms with Crippen molar-refractivity contribution in [2.24, 2.45) is 0 Å². The van der Waals surface area contributed by atoms with E-state index in [0.29, 0.717) is 17.9 Å². The SMILES string of the molecule is CN(C)[C@@H](Cc1ccccc1)c1nc(O)c(C(=O)c2c[nH]c3ccccc23)o1. The average molecular weight is 375 g/mol. The number of aromatic nitrogens is 2. The molecule has 0 fully saturated rings. The van der Waals surface area contributed by atoms with Gasteiger partial charge < -0.3 is 14.5 Å². The number of ketones is 1. The third-order valence-corrected chi connectivity index (χ3v) is 4.85. The van der Waals surface area contributed by atoms with Gasteiger partial charge in [0.2, 0.25) is 17.4 Å². The number of H-pyrrole nitrogens is 1. The highest BCUT2D eigenvalue weighted by molar-refractivity contribution is 6.15. The molecule has 0 saturated heterocycles. The van der Waals surface area contributed by atoms with Gasteiger partial charge in [0.15, 0.2) is 0 Å². The first-order chi connectivity index (χ1) is 13.5. The highest BCUT2D eigenvalue weighted by Crippen LogP contribution is 2.30. The van der Waals surface area contributed by atoms with Crippen molar-refractivity contribution in [2.75, 3.05) is 14.1 Å². The first kappa shape index (κ1) is 18.0. The van der Waals surface area contributed by atoms with E-state index < -0.39 is 5.78 Å². The van der Waals surface area contributed by atoms with Crippen LogP contribution in [0.25, 0.3) is 10.9 Å². The van der Waals surface area contributed by atoms with E-state index in [1.165, 1.54) is 0 Å². The zero-order valence-electron chi connectivity index (χ0n) is 15.7. The van der Waals surface area contributed by atoms with Crippen LogP contribution in [0.1, 0.15) is 33.6 Å². The maximum atomic E-state index is 13.0. The van der Waals surface area contributed by atoms with Crippen LogP contribution >= 0.6 is 0 Å². The lowest BCUT2D eigenvalue weighted by atomic mass is 10.1. The van der Waals surface area contributed by atoms with Crippen LogP contribution in [0.3, 0.4) is 0 Å². The first-order valence-corrected chi connectivity index (χ1v) is 9.05. The summed E-state index contributed by atoms with van der Waals surface area (Å²) in [6.45, 7) is 0. The lowest BCUT2D eigenvalue weighted by molar-refractivity contribution is 0.100. The summed E-state index contributed by atoms with van der Waals surface area (Å²) in [7, 11) is 3.83. The van der Waals surface area contributed by atoms with Gasteiger partial charge in [0.05, 0.1) is 11.6 Å². The highest BCUT2D eigenvalue weighted by atomic mass is 16.4. The van der Waals surface area contributed by atoms with Crippen molar-refractivity contribution in [3.63, 3.8) is 0 Å².